The van der Waals surface area contributed by atoms with Gasteiger partial charge in [-0.25, -0.2) is 0 Å². The van der Waals surface area contributed by atoms with Crippen LogP contribution in [-0.4, -0.2) is 41.4 Å². The normalized spacial score (nSPS) is 29.3. The summed E-state index contributed by atoms with van der Waals surface area (Å²) in [6, 6.07) is 0.481. The Morgan fingerprint density at radius 2 is 2.25 bits per heavy atom. The number of hydrogen-bond donors (Lipinski definition) is 0. The van der Waals surface area contributed by atoms with Crippen molar-refractivity contribution in [2.45, 2.75) is 38.3 Å². The van der Waals surface area contributed by atoms with Gasteiger partial charge in [0.2, 0.25) is 6.41 Å². The van der Waals surface area contributed by atoms with Crippen LogP contribution >= 0.6 is 0 Å². The lowest BCUT2D eigenvalue weighted by atomic mass is 9.94. The minimum Gasteiger partial charge on any atom is -0.312 e. The van der Waals surface area contributed by atoms with Crippen LogP contribution < -0.4 is 0 Å². The van der Waals surface area contributed by atoms with Crippen LogP contribution in [0.1, 0.15) is 26.7 Å². The highest BCUT2D eigenvalue weighted by Gasteiger charge is 2.29. The molecule has 2 heterocycles. The number of nitrogens with zero attached hydrogens (tertiary/aromatic N) is 2. The maximum absolute atomic E-state index is 11.1. The first-order chi connectivity index (χ1) is 7.54. The second-order valence-electron chi connectivity index (χ2n) is 5.27. The number of carbonyl (C=O) groups excluding carboxylic acids is 1. The van der Waals surface area contributed by atoms with Gasteiger partial charge in [0.25, 0.3) is 0 Å². The van der Waals surface area contributed by atoms with Crippen LogP contribution in [0, 0.1) is 0 Å². The Bertz CT molecular complexity index is 344. The molecule has 3 heteroatoms. The van der Waals surface area contributed by atoms with E-state index in [1.165, 1.54) is 18.4 Å². The molecule has 16 heavy (non-hydrogen) atoms. The lowest BCUT2D eigenvalue weighted by molar-refractivity contribution is -0.118. The van der Waals surface area contributed by atoms with Crippen molar-refractivity contribution in [1.29, 1.82) is 0 Å². The Labute approximate surface area is 97.4 Å². The van der Waals surface area contributed by atoms with Gasteiger partial charge >= 0.3 is 0 Å². The van der Waals surface area contributed by atoms with Crippen LogP contribution in [0.15, 0.2) is 23.9 Å². The molecule has 2 rings (SSSR count). The molecule has 88 valence electrons. The third-order valence-corrected chi connectivity index (χ3v) is 3.66. The summed E-state index contributed by atoms with van der Waals surface area (Å²) >= 11 is 0. The zero-order valence-electron chi connectivity index (χ0n) is 10.3. The summed E-state index contributed by atoms with van der Waals surface area (Å²) in [5, 5.41) is 0. The monoisotopic (exact) mass is 220 g/mol. The maximum atomic E-state index is 11.1. The summed E-state index contributed by atoms with van der Waals surface area (Å²) in [7, 11) is 2.15. The second-order valence-corrected chi connectivity index (χ2v) is 5.27. The number of carbonyl (C=O) groups is 1. The molecule has 3 nitrogen and oxygen atoms in total. The summed E-state index contributed by atoms with van der Waals surface area (Å²) < 4.78 is 0. The number of rotatable bonds is 2. The summed E-state index contributed by atoms with van der Waals surface area (Å²) in [6.07, 6.45) is 9.64. The first-order valence-corrected chi connectivity index (χ1v) is 5.89. The van der Waals surface area contributed by atoms with E-state index in [2.05, 4.69) is 24.1 Å². The second kappa shape index (κ2) is 4.06. The number of likely N-dealkylation sites (N-methyl/N-ethyl adjacent to an activating group) is 1. The highest BCUT2D eigenvalue weighted by Crippen LogP contribution is 2.29. The Kier molecular flexibility index (Phi) is 2.89. The van der Waals surface area contributed by atoms with Crippen LogP contribution in [0.2, 0.25) is 0 Å². The van der Waals surface area contributed by atoms with E-state index in [0.717, 1.165) is 13.0 Å². The van der Waals surface area contributed by atoms with Crippen molar-refractivity contribution < 1.29 is 4.79 Å². The van der Waals surface area contributed by atoms with E-state index in [9.17, 15) is 4.79 Å². The van der Waals surface area contributed by atoms with Gasteiger partial charge in [-0.05, 0) is 45.9 Å². The fourth-order valence-electron chi connectivity index (χ4n) is 2.45. The summed E-state index contributed by atoms with van der Waals surface area (Å²) in [5.41, 5.74) is 1.06. The first kappa shape index (κ1) is 11.4. The van der Waals surface area contributed by atoms with Crippen molar-refractivity contribution in [3.05, 3.63) is 23.9 Å². The Balaban J connectivity index is 2.21. The molecule has 0 aromatic heterocycles. The lowest BCUT2D eigenvalue weighted by Crippen LogP contribution is -2.41. The molecule has 0 aromatic carbocycles. The Morgan fingerprint density at radius 1 is 1.50 bits per heavy atom. The lowest BCUT2D eigenvalue weighted by Gasteiger charge is -2.35. The molecule has 0 bridgehead atoms. The van der Waals surface area contributed by atoms with E-state index in [-0.39, 0.29) is 5.54 Å². The zero-order chi connectivity index (χ0) is 11.8. The van der Waals surface area contributed by atoms with Crippen molar-refractivity contribution in [2.75, 3.05) is 13.6 Å². The van der Waals surface area contributed by atoms with Gasteiger partial charge in [-0.15, -0.1) is 0 Å². The first-order valence-electron chi connectivity index (χ1n) is 5.89. The molecule has 0 aromatic rings. The quantitative estimate of drug-likeness (QED) is 0.662. The van der Waals surface area contributed by atoms with Crippen LogP contribution in [0.3, 0.4) is 0 Å². The summed E-state index contributed by atoms with van der Waals surface area (Å²) in [5.74, 6) is 0. The van der Waals surface area contributed by atoms with Crippen molar-refractivity contribution in [3.8, 4) is 0 Å². The molecule has 1 atom stereocenters. The molecule has 1 unspecified atom stereocenters. The molecule has 1 fully saturated rings. The Hall–Kier alpha value is -1.09. The van der Waals surface area contributed by atoms with E-state index < -0.39 is 0 Å². The van der Waals surface area contributed by atoms with E-state index in [1.54, 1.807) is 4.90 Å². The number of likely N-dealkylation sites (tertiary alicyclic amines) is 1. The maximum Gasteiger partial charge on any atom is 0.214 e. The van der Waals surface area contributed by atoms with E-state index in [4.69, 9.17) is 0 Å². The Morgan fingerprint density at radius 3 is 2.81 bits per heavy atom. The van der Waals surface area contributed by atoms with Crippen LogP contribution in [0.5, 0.6) is 0 Å². The molecular weight excluding hydrogens is 200 g/mol. The largest absolute Gasteiger partial charge is 0.312 e. The average molecular weight is 220 g/mol. The van der Waals surface area contributed by atoms with Gasteiger partial charge in [0.05, 0.1) is 5.54 Å². The highest BCUT2D eigenvalue weighted by molar-refractivity contribution is 5.54. The molecule has 0 aliphatic carbocycles. The predicted molar refractivity (Wildman–Crippen MR) is 64.9 cm³/mol. The molecule has 2 aliphatic rings. The van der Waals surface area contributed by atoms with E-state index in [0.29, 0.717) is 6.04 Å². The SMILES string of the molecule is CN1CCCC1C1=CN(C=O)C(C)(C)C=C1. The summed E-state index contributed by atoms with van der Waals surface area (Å²) in [6.45, 7) is 5.24. The van der Waals surface area contributed by atoms with Gasteiger partial charge < -0.3 is 4.90 Å². The fourth-order valence-corrected chi connectivity index (χ4v) is 2.45. The van der Waals surface area contributed by atoms with Gasteiger partial charge in [0.1, 0.15) is 0 Å². The minimum atomic E-state index is -0.192. The van der Waals surface area contributed by atoms with E-state index >= 15 is 0 Å². The van der Waals surface area contributed by atoms with Gasteiger partial charge in [-0.2, -0.15) is 0 Å². The third-order valence-electron chi connectivity index (χ3n) is 3.66. The van der Waals surface area contributed by atoms with Gasteiger partial charge in [0.15, 0.2) is 0 Å². The van der Waals surface area contributed by atoms with Crippen molar-refractivity contribution in [1.82, 2.24) is 9.80 Å². The van der Waals surface area contributed by atoms with Gasteiger partial charge in [0, 0.05) is 12.2 Å². The number of hydrogen-bond acceptors (Lipinski definition) is 2. The molecule has 1 amide bonds. The zero-order valence-corrected chi connectivity index (χ0v) is 10.3. The topological polar surface area (TPSA) is 23.6 Å². The van der Waals surface area contributed by atoms with Gasteiger partial charge in [-0.3, -0.25) is 9.69 Å². The predicted octanol–water partition coefficient (Wildman–Crippen LogP) is 1.77. The molecule has 0 spiro atoms. The van der Waals surface area contributed by atoms with Crippen molar-refractivity contribution in [3.63, 3.8) is 0 Å². The molecular formula is C13H20N2O. The minimum absolute atomic E-state index is 0.192. The molecule has 0 radical (unpaired) electrons. The van der Waals surface area contributed by atoms with Crippen molar-refractivity contribution in [2.24, 2.45) is 0 Å². The van der Waals surface area contributed by atoms with E-state index in [1.807, 2.05) is 20.0 Å². The standard InChI is InChI=1S/C13H20N2O/c1-13(2)7-6-11(9-15(13)10-16)12-5-4-8-14(12)3/h6-7,9-10,12H,4-5,8H2,1-3H3. The fraction of sp³-hybridized carbons (Fsp3) is 0.615. The number of amides is 1. The molecule has 0 saturated carbocycles. The molecule has 1 saturated heterocycles. The smallest absolute Gasteiger partial charge is 0.214 e. The van der Waals surface area contributed by atoms with Crippen LogP contribution in [0.25, 0.3) is 0 Å². The van der Waals surface area contributed by atoms with Crippen LogP contribution in [-0.2, 0) is 4.79 Å². The average Bonchev–Trinajstić information content (AvgIpc) is 2.64. The molecule has 2 aliphatic heterocycles. The summed E-state index contributed by atoms with van der Waals surface area (Å²) in [4.78, 5) is 15.2. The van der Waals surface area contributed by atoms with Gasteiger partial charge in [-0.1, -0.05) is 12.2 Å². The highest BCUT2D eigenvalue weighted by atomic mass is 16.1. The van der Waals surface area contributed by atoms with Crippen LogP contribution in [0.4, 0.5) is 0 Å². The third kappa shape index (κ3) is 1.92. The van der Waals surface area contributed by atoms with Crippen molar-refractivity contribution >= 4 is 6.41 Å². The molecule has 0 N–H and O–H groups in total.